The first-order valence-corrected chi connectivity index (χ1v) is 13.3. The number of aliphatic hydroxyl groups excluding tert-OH is 3. The zero-order valence-corrected chi connectivity index (χ0v) is 21.1. The quantitative estimate of drug-likeness (QED) is 0.460. The van der Waals surface area contributed by atoms with Gasteiger partial charge in [-0.05, 0) is 92.3 Å². The number of allylic oxidation sites excluding steroid dienone is 1. The van der Waals surface area contributed by atoms with Gasteiger partial charge < -0.3 is 20.4 Å². The second-order valence-corrected chi connectivity index (χ2v) is 13.0. The van der Waals surface area contributed by atoms with Gasteiger partial charge in [0.25, 0.3) is 0 Å². The van der Waals surface area contributed by atoms with E-state index in [1.165, 1.54) is 24.8 Å². The normalized spacial score (nSPS) is 51.6. The highest BCUT2D eigenvalue weighted by Crippen LogP contribution is 2.69. The van der Waals surface area contributed by atoms with Crippen LogP contribution in [0.2, 0.25) is 0 Å². The molecule has 0 aromatic rings. The molecule has 4 aliphatic carbocycles. The highest BCUT2D eigenvalue weighted by molar-refractivity contribution is 5.19. The van der Waals surface area contributed by atoms with Crippen molar-refractivity contribution in [3.63, 3.8) is 0 Å². The Morgan fingerprint density at radius 3 is 2.31 bits per heavy atom. The van der Waals surface area contributed by atoms with Gasteiger partial charge in [0.15, 0.2) is 0 Å². The lowest BCUT2D eigenvalue weighted by molar-refractivity contribution is -0.294. The van der Waals surface area contributed by atoms with Crippen LogP contribution in [0.1, 0.15) is 92.4 Å². The summed E-state index contributed by atoms with van der Waals surface area (Å²) in [6.07, 6.45) is 5.55. The SMILES string of the molecule is C=C(CCC(C)[C@H]1CCC2C3C[C@@H](O)[C@@]4(O)C[C@@H](O)C[C@H](O)[C@]4(C)C3CC[C@@]21C)C(C)C. The summed E-state index contributed by atoms with van der Waals surface area (Å²) in [6, 6.07) is 0. The fourth-order valence-electron chi connectivity index (χ4n) is 9.21. The van der Waals surface area contributed by atoms with E-state index in [1.54, 1.807) is 0 Å². The molecule has 0 amide bonds. The van der Waals surface area contributed by atoms with Crippen molar-refractivity contribution in [2.45, 2.75) is 116 Å². The minimum Gasteiger partial charge on any atom is -0.393 e. The van der Waals surface area contributed by atoms with Crippen LogP contribution in [0.5, 0.6) is 0 Å². The standard InChI is InChI=1S/C28H48O4/c1-16(2)17(3)7-8-18(4)21-9-10-22-20-14-25(31)28(32)15-19(29)13-24(30)27(28,6)23(20)11-12-26(21,22)5/h16,18-25,29-32H,3,7-15H2,1-2,4-6H3/t18?,19-,20?,21+,22?,23?,24-,25+,26+,27-,28-/m0/s1. The van der Waals surface area contributed by atoms with Crippen molar-refractivity contribution < 1.29 is 20.4 Å². The largest absolute Gasteiger partial charge is 0.393 e. The molecule has 0 aromatic heterocycles. The Hall–Kier alpha value is -0.420. The Bertz CT molecular complexity index is 720. The Morgan fingerprint density at radius 1 is 0.969 bits per heavy atom. The van der Waals surface area contributed by atoms with Crippen LogP contribution in [-0.2, 0) is 0 Å². The van der Waals surface area contributed by atoms with Gasteiger partial charge in [-0.2, -0.15) is 0 Å². The lowest BCUT2D eigenvalue weighted by atomic mass is 9.41. The Morgan fingerprint density at radius 2 is 1.66 bits per heavy atom. The summed E-state index contributed by atoms with van der Waals surface area (Å²) in [4.78, 5) is 0. The van der Waals surface area contributed by atoms with E-state index in [-0.39, 0.29) is 17.8 Å². The summed E-state index contributed by atoms with van der Waals surface area (Å²) in [7, 11) is 0. The maximum atomic E-state index is 11.6. The second kappa shape index (κ2) is 8.36. The molecule has 4 fully saturated rings. The molecule has 4 nitrogen and oxygen atoms in total. The Labute approximate surface area is 195 Å². The number of fused-ring (bicyclic) bond motifs is 5. The predicted molar refractivity (Wildman–Crippen MR) is 128 cm³/mol. The summed E-state index contributed by atoms with van der Waals surface area (Å²) in [5, 5.41) is 44.2. The highest BCUT2D eigenvalue weighted by Gasteiger charge is 2.70. The van der Waals surface area contributed by atoms with Crippen molar-refractivity contribution in [1.29, 1.82) is 0 Å². The fraction of sp³-hybridized carbons (Fsp3) is 0.929. The average molecular weight is 449 g/mol. The van der Waals surface area contributed by atoms with Crippen molar-refractivity contribution >= 4 is 0 Å². The molecule has 32 heavy (non-hydrogen) atoms. The van der Waals surface area contributed by atoms with Crippen LogP contribution in [0, 0.1) is 46.3 Å². The van der Waals surface area contributed by atoms with Crippen LogP contribution < -0.4 is 0 Å². The van der Waals surface area contributed by atoms with Crippen LogP contribution in [-0.4, -0.2) is 44.3 Å². The Balaban J connectivity index is 1.56. The number of hydrogen-bond acceptors (Lipinski definition) is 4. The van der Waals surface area contributed by atoms with E-state index >= 15 is 0 Å². The summed E-state index contributed by atoms with van der Waals surface area (Å²) in [5.41, 5.74) is -0.531. The maximum Gasteiger partial charge on any atom is 0.101 e. The molecular weight excluding hydrogens is 400 g/mol. The van der Waals surface area contributed by atoms with E-state index in [2.05, 4.69) is 34.3 Å². The first-order valence-electron chi connectivity index (χ1n) is 13.3. The van der Waals surface area contributed by atoms with Gasteiger partial charge in [-0.3, -0.25) is 0 Å². The summed E-state index contributed by atoms with van der Waals surface area (Å²) >= 11 is 0. The van der Waals surface area contributed by atoms with Crippen LogP contribution in [0.3, 0.4) is 0 Å². The van der Waals surface area contributed by atoms with E-state index in [0.717, 1.165) is 19.3 Å². The zero-order chi connectivity index (χ0) is 23.6. The van der Waals surface area contributed by atoms with E-state index in [9.17, 15) is 20.4 Å². The molecule has 4 rings (SSSR count). The minimum atomic E-state index is -1.40. The van der Waals surface area contributed by atoms with Crippen molar-refractivity contribution in [2.24, 2.45) is 46.3 Å². The van der Waals surface area contributed by atoms with Crippen LogP contribution in [0.4, 0.5) is 0 Å². The van der Waals surface area contributed by atoms with E-state index in [4.69, 9.17) is 0 Å². The minimum absolute atomic E-state index is 0.173. The van der Waals surface area contributed by atoms with E-state index < -0.39 is 29.3 Å². The molecule has 0 aliphatic heterocycles. The maximum absolute atomic E-state index is 11.6. The molecule has 0 bridgehead atoms. The van der Waals surface area contributed by atoms with E-state index in [1.807, 2.05) is 6.92 Å². The van der Waals surface area contributed by atoms with Gasteiger partial charge >= 0.3 is 0 Å². The molecule has 4 heteroatoms. The molecule has 0 saturated heterocycles. The van der Waals surface area contributed by atoms with Crippen LogP contribution in [0.15, 0.2) is 12.2 Å². The molecule has 11 atom stereocenters. The Kier molecular flexibility index (Phi) is 6.45. The van der Waals surface area contributed by atoms with Gasteiger partial charge in [0.2, 0.25) is 0 Å². The molecule has 0 aromatic carbocycles. The van der Waals surface area contributed by atoms with E-state index in [0.29, 0.717) is 42.4 Å². The molecule has 4 aliphatic rings. The molecule has 184 valence electrons. The number of aliphatic hydroxyl groups is 4. The first kappa shape index (κ1) is 24.7. The second-order valence-electron chi connectivity index (χ2n) is 13.0. The topological polar surface area (TPSA) is 80.9 Å². The van der Waals surface area contributed by atoms with Gasteiger partial charge in [-0.1, -0.05) is 46.8 Å². The lowest BCUT2D eigenvalue weighted by Crippen LogP contribution is -2.72. The monoisotopic (exact) mass is 448 g/mol. The van der Waals surface area contributed by atoms with Gasteiger partial charge in [0.1, 0.15) is 5.60 Å². The summed E-state index contributed by atoms with van der Waals surface area (Å²) in [6.45, 7) is 15.7. The fourth-order valence-corrected chi connectivity index (χ4v) is 9.21. The van der Waals surface area contributed by atoms with Crippen molar-refractivity contribution in [1.82, 2.24) is 0 Å². The number of hydrogen-bond donors (Lipinski definition) is 4. The van der Waals surface area contributed by atoms with Crippen LogP contribution in [0.25, 0.3) is 0 Å². The number of rotatable bonds is 5. The average Bonchev–Trinajstić information content (AvgIpc) is 3.06. The molecular formula is C28H48O4. The predicted octanol–water partition coefficient (Wildman–Crippen LogP) is 4.69. The van der Waals surface area contributed by atoms with Gasteiger partial charge in [0, 0.05) is 11.8 Å². The third kappa shape index (κ3) is 3.46. The summed E-state index contributed by atoms with van der Waals surface area (Å²) in [5.74, 6) is 2.98. The van der Waals surface area contributed by atoms with Gasteiger partial charge in [0.05, 0.1) is 18.3 Å². The van der Waals surface area contributed by atoms with Crippen molar-refractivity contribution in [3.05, 3.63) is 12.2 Å². The van der Waals surface area contributed by atoms with Crippen molar-refractivity contribution in [3.8, 4) is 0 Å². The molecule has 0 heterocycles. The highest BCUT2D eigenvalue weighted by atomic mass is 16.4. The molecule has 4 unspecified atom stereocenters. The molecule has 0 radical (unpaired) electrons. The smallest absolute Gasteiger partial charge is 0.101 e. The molecule has 0 spiro atoms. The first-order chi connectivity index (χ1) is 14.9. The van der Waals surface area contributed by atoms with Gasteiger partial charge in [-0.15, -0.1) is 0 Å². The lowest BCUT2D eigenvalue weighted by Gasteiger charge is -2.66. The molecule has 4 saturated carbocycles. The third-order valence-corrected chi connectivity index (χ3v) is 11.4. The molecule has 4 N–H and O–H groups in total. The summed E-state index contributed by atoms with van der Waals surface area (Å²) < 4.78 is 0. The zero-order valence-electron chi connectivity index (χ0n) is 21.1. The third-order valence-electron chi connectivity index (χ3n) is 11.4. The van der Waals surface area contributed by atoms with Crippen LogP contribution >= 0.6 is 0 Å². The van der Waals surface area contributed by atoms with Crippen molar-refractivity contribution in [2.75, 3.05) is 0 Å². The van der Waals surface area contributed by atoms with Gasteiger partial charge in [-0.25, -0.2) is 0 Å².